The van der Waals surface area contributed by atoms with Crippen LogP contribution in [0.5, 0.6) is 0 Å². The number of anilines is 1. The molecule has 0 unspecified atom stereocenters. The van der Waals surface area contributed by atoms with E-state index in [2.05, 4.69) is 29.0 Å². The number of benzene rings is 1. The lowest BCUT2D eigenvalue weighted by molar-refractivity contribution is 0.185. The Morgan fingerprint density at radius 3 is 2.82 bits per heavy atom. The first-order chi connectivity index (χ1) is 13.5. The molecule has 2 aromatic rings. The first kappa shape index (κ1) is 21.2. The normalized spacial score (nSPS) is 15.5. The summed E-state index contributed by atoms with van der Waals surface area (Å²) in [5, 5.41) is 4.78. The third kappa shape index (κ3) is 6.23. The highest BCUT2D eigenvalue weighted by molar-refractivity contribution is 7.80. The molecule has 1 aromatic heterocycles. The molecular weight excluding hydrogens is 390 g/mol. The molecule has 0 bridgehead atoms. The second-order valence-electron chi connectivity index (χ2n) is 7.77. The van der Waals surface area contributed by atoms with Gasteiger partial charge in [-0.2, -0.15) is 0 Å². The van der Waals surface area contributed by atoms with Crippen molar-refractivity contribution >= 4 is 34.6 Å². The molecule has 0 radical (unpaired) electrons. The number of hydrogen-bond acceptors (Lipinski definition) is 3. The number of thiocarbonyl (C=S) groups is 1. The largest absolute Gasteiger partial charge is 0.467 e. The summed E-state index contributed by atoms with van der Waals surface area (Å²) in [5.41, 5.74) is 2.07. The molecular formula is C22H30ClN3OS. The van der Waals surface area contributed by atoms with Gasteiger partial charge in [0.15, 0.2) is 5.11 Å². The maximum Gasteiger partial charge on any atom is 0.173 e. The molecule has 6 heteroatoms. The van der Waals surface area contributed by atoms with E-state index in [-0.39, 0.29) is 0 Å². The van der Waals surface area contributed by atoms with Crippen LogP contribution in [0, 0.1) is 12.8 Å². The van der Waals surface area contributed by atoms with Crippen LogP contribution in [-0.2, 0) is 6.54 Å². The van der Waals surface area contributed by atoms with E-state index in [1.165, 1.54) is 25.9 Å². The molecule has 152 valence electrons. The minimum Gasteiger partial charge on any atom is -0.467 e. The lowest BCUT2D eigenvalue weighted by Gasteiger charge is -2.31. The quantitative estimate of drug-likeness (QED) is 0.593. The van der Waals surface area contributed by atoms with Crippen LogP contribution in [0.15, 0.2) is 41.0 Å². The molecule has 0 spiro atoms. The highest BCUT2D eigenvalue weighted by Gasteiger charge is 2.17. The topological polar surface area (TPSA) is 31.6 Å². The van der Waals surface area contributed by atoms with Gasteiger partial charge in [0.05, 0.1) is 12.8 Å². The fourth-order valence-corrected chi connectivity index (χ4v) is 3.97. The number of likely N-dealkylation sites (tertiary alicyclic amines) is 1. The van der Waals surface area contributed by atoms with E-state index >= 15 is 0 Å². The Labute approximate surface area is 178 Å². The molecule has 0 saturated carbocycles. The molecule has 28 heavy (non-hydrogen) atoms. The highest BCUT2D eigenvalue weighted by atomic mass is 35.5. The molecule has 0 atom stereocenters. The van der Waals surface area contributed by atoms with E-state index in [0.29, 0.717) is 16.7 Å². The van der Waals surface area contributed by atoms with Crippen LogP contribution in [0.1, 0.15) is 37.5 Å². The van der Waals surface area contributed by atoms with Crippen LogP contribution in [0.25, 0.3) is 0 Å². The standard InChI is InChI=1S/C22H30ClN3OS/c1-17-8-12-25(13-9-17)10-4-11-26(16-20-5-3-14-27-20)22(28)24-21-15-19(23)7-6-18(21)2/h3,5-7,14-15,17H,4,8-13,16H2,1-2H3,(H,24,28). The van der Waals surface area contributed by atoms with Crippen molar-refractivity contribution in [1.29, 1.82) is 0 Å². The van der Waals surface area contributed by atoms with Crippen LogP contribution in [0.3, 0.4) is 0 Å². The molecule has 1 fully saturated rings. The van der Waals surface area contributed by atoms with E-state index in [1.807, 2.05) is 30.3 Å². The maximum absolute atomic E-state index is 6.16. The van der Waals surface area contributed by atoms with Crippen LogP contribution in [0.4, 0.5) is 5.69 Å². The predicted octanol–water partition coefficient (Wildman–Crippen LogP) is 5.56. The van der Waals surface area contributed by atoms with Gasteiger partial charge in [0.2, 0.25) is 0 Å². The lowest BCUT2D eigenvalue weighted by atomic mass is 9.99. The van der Waals surface area contributed by atoms with Gasteiger partial charge in [-0.3, -0.25) is 0 Å². The second kappa shape index (κ2) is 10.3. The summed E-state index contributed by atoms with van der Waals surface area (Å²) < 4.78 is 5.55. The van der Waals surface area contributed by atoms with E-state index in [0.717, 1.165) is 42.4 Å². The molecule has 0 aliphatic carbocycles. The predicted molar refractivity (Wildman–Crippen MR) is 121 cm³/mol. The first-order valence-electron chi connectivity index (χ1n) is 10.1. The van der Waals surface area contributed by atoms with Crippen molar-refractivity contribution in [2.24, 2.45) is 5.92 Å². The number of nitrogens with one attached hydrogen (secondary N) is 1. The van der Waals surface area contributed by atoms with E-state index < -0.39 is 0 Å². The van der Waals surface area contributed by atoms with Gasteiger partial charge in [-0.25, -0.2) is 0 Å². The molecule has 0 amide bonds. The summed E-state index contributed by atoms with van der Waals surface area (Å²) in [6, 6.07) is 9.72. The summed E-state index contributed by atoms with van der Waals surface area (Å²) in [7, 11) is 0. The van der Waals surface area contributed by atoms with Gasteiger partial charge >= 0.3 is 0 Å². The van der Waals surface area contributed by atoms with Crippen LogP contribution in [0.2, 0.25) is 5.02 Å². The maximum atomic E-state index is 6.16. The number of furan rings is 1. The van der Waals surface area contributed by atoms with Gasteiger partial charge in [0.25, 0.3) is 0 Å². The number of aryl methyl sites for hydroxylation is 1. The van der Waals surface area contributed by atoms with Crippen LogP contribution < -0.4 is 5.32 Å². The third-order valence-electron chi connectivity index (χ3n) is 5.43. The van der Waals surface area contributed by atoms with Gasteiger partial charge in [0, 0.05) is 17.3 Å². The first-order valence-corrected chi connectivity index (χ1v) is 10.9. The molecule has 4 nitrogen and oxygen atoms in total. The third-order valence-corrected chi connectivity index (χ3v) is 6.03. The van der Waals surface area contributed by atoms with Crippen molar-refractivity contribution in [1.82, 2.24) is 9.80 Å². The Balaban J connectivity index is 1.59. The average molecular weight is 420 g/mol. The van der Waals surface area contributed by atoms with Crippen LogP contribution in [-0.4, -0.2) is 41.1 Å². The fourth-order valence-electron chi connectivity index (χ4n) is 3.54. The minimum absolute atomic E-state index is 0.662. The highest BCUT2D eigenvalue weighted by Crippen LogP contribution is 2.21. The second-order valence-corrected chi connectivity index (χ2v) is 8.59. The Morgan fingerprint density at radius 1 is 1.32 bits per heavy atom. The molecule has 2 heterocycles. The average Bonchev–Trinajstić information content (AvgIpc) is 3.18. The van der Waals surface area contributed by atoms with Crippen molar-refractivity contribution in [3.05, 3.63) is 52.9 Å². The zero-order valence-electron chi connectivity index (χ0n) is 16.8. The van der Waals surface area contributed by atoms with Gasteiger partial charge in [-0.1, -0.05) is 24.6 Å². The summed E-state index contributed by atoms with van der Waals surface area (Å²) >= 11 is 11.9. The van der Waals surface area contributed by atoms with Crippen molar-refractivity contribution in [3.8, 4) is 0 Å². The van der Waals surface area contributed by atoms with Gasteiger partial charge < -0.3 is 19.5 Å². The fraction of sp³-hybridized carbons (Fsp3) is 0.500. The van der Waals surface area contributed by atoms with Crippen molar-refractivity contribution in [2.75, 3.05) is 31.5 Å². The number of nitrogens with zero attached hydrogens (tertiary/aromatic N) is 2. The smallest absolute Gasteiger partial charge is 0.173 e. The number of halogens is 1. The summed E-state index contributed by atoms with van der Waals surface area (Å²) in [6.07, 6.45) is 5.40. The van der Waals surface area contributed by atoms with Crippen LogP contribution >= 0.6 is 23.8 Å². The zero-order valence-corrected chi connectivity index (χ0v) is 18.4. The lowest BCUT2D eigenvalue weighted by Crippen LogP contribution is -2.38. The molecule has 1 N–H and O–H groups in total. The summed E-state index contributed by atoms with van der Waals surface area (Å²) in [4.78, 5) is 4.75. The number of rotatable bonds is 7. The molecule has 1 saturated heterocycles. The minimum atomic E-state index is 0.662. The summed E-state index contributed by atoms with van der Waals surface area (Å²) in [6.45, 7) is 9.49. The van der Waals surface area contributed by atoms with Crippen molar-refractivity contribution < 1.29 is 4.42 Å². The molecule has 3 rings (SSSR count). The zero-order chi connectivity index (χ0) is 19.9. The number of piperidine rings is 1. The van der Waals surface area contributed by atoms with Gasteiger partial charge in [-0.15, -0.1) is 0 Å². The molecule has 1 aliphatic heterocycles. The van der Waals surface area contributed by atoms with E-state index in [1.54, 1.807) is 6.26 Å². The van der Waals surface area contributed by atoms with Gasteiger partial charge in [-0.05, 0) is 93.8 Å². The van der Waals surface area contributed by atoms with Crippen molar-refractivity contribution in [3.63, 3.8) is 0 Å². The summed E-state index contributed by atoms with van der Waals surface area (Å²) in [5.74, 6) is 1.78. The van der Waals surface area contributed by atoms with E-state index in [9.17, 15) is 0 Å². The Morgan fingerprint density at radius 2 is 2.11 bits per heavy atom. The molecule has 1 aliphatic rings. The van der Waals surface area contributed by atoms with E-state index in [4.69, 9.17) is 28.2 Å². The molecule has 1 aromatic carbocycles. The van der Waals surface area contributed by atoms with Gasteiger partial charge in [0.1, 0.15) is 5.76 Å². The SMILES string of the molecule is Cc1ccc(Cl)cc1NC(=S)N(CCCN1CCC(C)CC1)Cc1ccco1. The van der Waals surface area contributed by atoms with Crippen molar-refractivity contribution in [2.45, 2.75) is 39.7 Å². The Hall–Kier alpha value is -1.56. The monoisotopic (exact) mass is 419 g/mol. The number of hydrogen-bond donors (Lipinski definition) is 1. The Bertz CT molecular complexity index is 757. The Kier molecular flexibility index (Phi) is 7.77.